The molecule has 212 valence electrons. The van der Waals surface area contributed by atoms with Gasteiger partial charge in [-0.1, -0.05) is 24.3 Å². The molecule has 10 heteroatoms. The molecule has 0 radical (unpaired) electrons. The van der Waals surface area contributed by atoms with Gasteiger partial charge in [0.15, 0.2) is 23.2 Å². The van der Waals surface area contributed by atoms with Crippen LogP contribution < -0.4 is 10.6 Å². The van der Waals surface area contributed by atoms with Crippen molar-refractivity contribution in [2.75, 3.05) is 23.8 Å². The molecule has 8 nitrogen and oxygen atoms in total. The number of nitrogens with one attached hydrogen (secondary N) is 2. The Morgan fingerprint density at radius 3 is 1.31 bits per heavy atom. The second-order valence-electron chi connectivity index (χ2n) is 9.18. The second kappa shape index (κ2) is 11.6. The highest BCUT2D eigenvalue weighted by Crippen LogP contribution is 2.42. The number of benzene rings is 4. The van der Waals surface area contributed by atoms with Crippen LogP contribution in [0.4, 0.5) is 31.5 Å². The lowest BCUT2D eigenvalue weighted by Gasteiger charge is -2.24. The van der Waals surface area contributed by atoms with Crippen LogP contribution in [0.5, 0.6) is 0 Å². The third-order valence-corrected chi connectivity index (χ3v) is 6.58. The topological polar surface area (TPSA) is 111 Å². The minimum atomic E-state index is -1.14. The first-order chi connectivity index (χ1) is 20.2. The van der Waals surface area contributed by atoms with Gasteiger partial charge in [-0.05, 0) is 62.4 Å². The highest BCUT2D eigenvalue weighted by atomic mass is 19.1. The van der Waals surface area contributed by atoms with Gasteiger partial charge in [-0.2, -0.15) is 0 Å². The van der Waals surface area contributed by atoms with Gasteiger partial charge in [0.05, 0.1) is 35.5 Å². The summed E-state index contributed by atoms with van der Waals surface area (Å²) in [5, 5.41) is 5.58. The molecule has 4 aromatic carbocycles. The molecule has 0 heterocycles. The van der Waals surface area contributed by atoms with Crippen LogP contribution in [-0.4, -0.2) is 36.7 Å². The zero-order valence-electron chi connectivity index (χ0n) is 22.5. The molecular weight excluding hydrogens is 546 g/mol. The molecule has 0 fully saturated rings. The van der Waals surface area contributed by atoms with Gasteiger partial charge in [0.1, 0.15) is 11.4 Å². The summed E-state index contributed by atoms with van der Waals surface area (Å²) in [7, 11) is 0. The van der Waals surface area contributed by atoms with Crippen molar-refractivity contribution in [1.82, 2.24) is 0 Å². The Kier molecular flexibility index (Phi) is 7.79. The summed E-state index contributed by atoms with van der Waals surface area (Å²) in [5.74, 6) is -5.04. The van der Waals surface area contributed by atoms with Crippen molar-refractivity contribution in [3.63, 3.8) is 0 Å². The number of anilines is 4. The van der Waals surface area contributed by atoms with Crippen molar-refractivity contribution < 1.29 is 37.4 Å². The molecule has 0 bridgehead atoms. The molecule has 5 rings (SSSR count). The quantitative estimate of drug-likeness (QED) is 0.201. The minimum absolute atomic E-state index is 0.0340. The highest BCUT2D eigenvalue weighted by molar-refractivity contribution is 6.29. The summed E-state index contributed by atoms with van der Waals surface area (Å²) >= 11 is 0. The van der Waals surface area contributed by atoms with E-state index >= 15 is 8.78 Å². The fraction of sp³-hybridized carbons (Fsp3) is 0.125. The van der Waals surface area contributed by atoms with Crippen LogP contribution in [0.25, 0.3) is 0 Å². The number of carbonyl (C=O) groups is 4. The van der Waals surface area contributed by atoms with E-state index in [1.165, 1.54) is 72.8 Å². The maximum absolute atomic E-state index is 16.3. The zero-order valence-corrected chi connectivity index (χ0v) is 22.5. The largest absolute Gasteiger partial charge is 0.462 e. The summed E-state index contributed by atoms with van der Waals surface area (Å²) < 4.78 is 42.5. The third kappa shape index (κ3) is 5.10. The molecule has 0 saturated heterocycles. The Balaban J connectivity index is 1.62. The van der Waals surface area contributed by atoms with E-state index in [-0.39, 0.29) is 46.8 Å². The van der Waals surface area contributed by atoms with E-state index in [2.05, 4.69) is 10.6 Å². The van der Waals surface area contributed by atoms with Crippen molar-refractivity contribution >= 4 is 46.3 Å². The van der Waals surface area contributed by atoms with Crippen LogP contribution in [0.15, 0.2) is 72.8 Å². The van der Waals surface area contributed by atoms with Crippen LogP contribution in [0.3, 0.4) is 0 Å². The summed E-state index contributed by atoms with van der Waals surface area (Å²) in [4.78, 5) is 50.7. The number of hydrogen-bond donors (Lipinski definition) is 2. The Labute approximate surface area is 239 Å². The van der Waals surface area contributed by atoms with Crippen molar-refractivity contribution in [3.8, 4) is 0 Å². The van der Waals surface area contributed by atoms with E-state index in [0.717, 1.165) is 0 Å². The Morgan fingerprint density at radius 1 is 0.619 bits per heavy atom. The molecule has 0 saturated carbocycles. The van der Waals surface area contributed by atoms with Gasteiger partial charge >= 0.3 is 11.9 Å². The van der Waals surface area contributed by atoms with Gasteiger partial charge in [0.25, 0.3) is 0 Å². The van der Waals surface area contributed by atoms with Crippen LogP contribution in [-0.2, 0) is 9.47 Å². The van der Waals surface area contributed by atoms with Crippen LogP contribution in [0.1, 0.15) is 66.4 Å². The maximum atomic E-state index is 16.3. The molecule has 42 heavy (non-hydrogen) atoms. The maximum Gasteiger partial charge on any atom is 0.338 e. The van der Waals surface area contributed by atoms with Crippen LogP contribution in [0.2, 0.25) is 0 Å². The van der Waals surface area contributed by atoms with Gasteiger partial charge in [-0.25, -0.2) is 18.4 Å². The van der Waals surface area contributed by atoms with Gasteiger partial charge < -0.3 is 20.1 Å². The normalized spacial score (nSPS) is 11.8. The van der Waals surface area contributed by atoms with Gasteiger partial charge in [0, 0.05) is 22.5 Å². The average Bonchev–Trinajstić information content (AvgIpc) is 3.00. The van der Waals surface area contributed by atoms with E-state index < -0.39 is 57.6 Å². The number of ether oxygens (including phenoxy) is 2. The highest BCUT2D eigenvalue weighted by Gasteiger charge is 2.38. The standard InChI is InChI=1S/C32H24F2N2O6/c1-3-41-31(39)17-9-13-19(14-10-17)35-27-25(33)23-24(30(38)22-8-6-5-7-21(22)29(23)37)26(34)28(27)36-20-15-11-18(12-16-20)32(40)42-4-2/h5-16,35-36H,3-4H2,1-2H3. The fourth-order valence-corrected chi connectivity index (χ4v) is 4.60. The van der Waals surface area contributed by atoms with Gasteiger partial charge in [-0.15, -0.1) is 0 Å². The molecule has 1 aliphatic carbocycles. The average molecular weight is 571 g/mol. The second-order valence-corrected chi connectivity index (χ2v) is 9.18. The third-order valence-electron chi connectivity index (χ3n) is 6.58. The number of rotatable bonds is 8. The number of halogens is 2. The molecule has 0 aliphatic heterocycles. The summed E-state index contributed by atoms with van der Waals surface area (Å²) in [6, 6.07) is 17.4. The van der Waals surface area contributed by atoms with Gasteiger partial charge in [0.2, 0.25) is 0 Å². The molecule has 0 atom stereocenters. The van der Waals surface area contributed by atoms with Crippen molar-refractivity contribution in [3.05, 3.63) is 118 Å². The molecular formula is C32H24F2N2O6. The first-order valence-electron chi connectivity index (χ1n) is 13.1. The van der Waals surface area contributed by atoms with E-state index in [1.807, 2.05) is 0 Å². The van der Waals surface area contributed by atoms with Crippen molar-refractivity contribution in [2.24, 2.45) is 0 Å². The number of fused-ring (bicyclic) bond motifs is 2. The first kappa shape index (κ1) is 28.2. The van der Waals surface area contributed by atoms with E-state index in [0.29, 0.717) is 0 Å². The summed E-state index contributed by atoms with van der Waals surface area (Å²) in [5.41, 5.74) is -1.31. The Hall–Kier alpha value is -5.38. The summed E-state index contributed by atoms with van der Waals surface area (Å²) in [6.07, 6.45) is 0. The zero-order chi connectivity index (χ0) is 30.0. The van der Waals surface area contributed by atoms with E-state index in [9.17, 15) is 19.2 Å². The number of hydrogen-bond acceptors (Lipinski definition) is 8. The van der Waals surface area contributed by atoms with Crippen LogP contribution in [0, 0.1) is 11.6 Å². The number of carbonyl (C=O) groups excluding carboxylic acids is 4. The smallest absolute Gasteiger partial charge is 0.338 e. The molecule has 2 N–H and O–H groups in total. The predicted octanol–water partition coefficient (Wildman–Crippen LogP) is 6.58. The number of esters is 2. The predicted molar refractivity (Wildman–Crippen MR) is 151 cm³/mol. The fourth-order valence-electron chi connectivity index (χ4n) is 4.60. The molecule has 0 unspecified atom stereocenters. The lowest BCUT2D eigenvalue weighted by Crippen LogP contribution is -2.25. The number of ketones is 2. The molecule has 0 spiro atoms. The van der Waals surface area contributed by atoms with Gasteiger partial charge in [-0.3, -0.25) is 9.59 Å². The van der Waals surface area contributed by atoms with Crippen molar-refractivity contribution in [1.29, 1.82) is 0 Å². The van der Waals surface area contributed by atoms with E-state index in [4.69, 9.17) is 9.47 Å². The molecule has 0 amide bonds. The Morgan fingerprint density at radius 2 is 0.976 bits per heavy atom. The first-order valence-corrected chi connectivity index (χ1v) is 13.1. The lowest BCUT2D eigenvalue weighted by atomic mass is 9.82. The lowest BCUT2D eigenvalue weighted by molar-refractivity contribution is 0.0517. The van der Waals surface area contributed by atoms with Crippen molar-refractivity contribution in [2.45, 2.75) is 13.8 Å². The SMILES string of the molecule is CCOC(=O)c1ccc(Nc2c(F)c3c(c(F)c2Nc2ccc(C(=O)OCC)cc2)C(=O)c2ccccc2C3=O)cc1. The molecule has 1 aliphatic rings. The summed E-state index contributed by atoms with van der Waals surface area (Å²) in [6.45, 7) is 3.71. The minimum Gasteiger partial charge on any atom is -0.462 e. The molecule has 4 aromatic rings. The molecule has 0 aromatic heterocycles. The van der Waals surface area contributed by atoms with E-state index in [1.54, 1.807) is 13.8 Å². The Bertz CT molecular complexity index is 1610. The van der Waals surface area contributed by atoms with Crippen LogP contribution >= 0.6 is 0 Å². The monoisotopic (exact) mass is 570 g/mol.